The quantitative estimate of drug-likeness (QED) is 0.506. The number of aromatic nitrogens is 4. The molecule has 0 spiro atoms. The molecule has 0 saturated carbocycles. The van der Waals surface area contributed by atoms with Gasteiger partial charge in [-0.3, -0.25) is 9.40 Å². The Balaban J connectivity index is 1.60. The standard InChI is InChI=1S/C16H11Cl2N5O2S2/c17-12-3-1-4-13(18)11(12)9-23-8-10(7-19-23)22-27(24,25)15-6-2-5-14-16(15)21-26-20-14/h1-8,22H,9H2. The number of benzene rings is 2. The number of nitrogens with one attached hydrogen (secondary N) is 1. The Hall–Kier alpha value is -2.20. The van der Waals surface area contributed by atoms with Crippen LogP contribution in [0.25, 0.3) is 11.0 Å². The summed E-state index contributed by atoms with van der Waals surface area (Å²) in [5.41, 5.74) is 1.90. The molecule has 0 unspecified atom stereocenters. The lowest BCUT2D eigenvalue weighted by Crippen LogP contribution is -2.13. The van der Waals surface area contributed by atoms with Crippen molar-refractivity contribution in [2.45, 2.75) is 11.4 Å². The number of halogens is 2. The second kappa shape index (κ2) is 7.08. The van der Waals surface area contributed by atoms with E-state index < -0.39 is 10.0 Å². The van der Waals surface area contributed by atoms with E-state index in [-0.39, 0.29) is 4.90 Å². The Morgan fingerprint density at radius 3 is 2.59 bits per heavy atom. The first-order valence-electron chi connectivity index (χ1n) is 7.63. The minimum atomic E-state index is -3.84. The molecule has 0 aliphatic heterocycles. The highest BCUT2D eigenvalue weighted by Gasteiger charge is 2.20. The molecule has 27 heavy (non-hydrogen) atoms. The molecule has 0 atom stereocenters. The van der Waals surface area contributed by atoms with Gasteiger partial charge < -0.3 is 0 Å². The Bertz CT molecular complexity index is 1220. The molecule has 0 fully saturated rings. The van der Waals surface area contributed by atoms with Gasteiger partial charge in [-0.1, -0.05) is 35.3 Å². The summed E-state index contributed by atoms with van der Waals surface area (Å²) >= 11 is 13.3. The molecule has 2 aromatic heterocycles. The molecule has 7 nitrogen and oxygen atoms in total. The van der Waals surface area contributed by atoms with E-state index >= 15 is 0 Å². The van der Waals surface area contributed by atoms with Crippen LogP contribution in [-0.2, 0) is 16.6 Å². The first-order valence-corrected chi connectivity index (χ1v) is 10.6. The lowest BCUT2D eigenvalue weighted by molar-refractivity contribution is 0.602. The van der Waals surface area contributed by atoms with Crippen molar-refractivity contribution in [3.63, 3.8) is 0 Å². The van der Waals surface area contributed by atoms with Gasteiger partial charge in [0.1, 0.15) is 15.9 Å². The summed E-state index contributed by atoms with van der Waals surface area (Å²) in [4.78, 5) is 0.0654. The highest BCUT2D eigenvalue weighted by atomic mass is 35.5. The Labute approximate surface area is 168 Å². The molecule has 0 amide bonds. The molecule has 2 heterocycles. The summed E-state index contributed by atoms with van der Waals surface area (Å²) in [6.07, 6.45) is 2.98. The zero-order chi connectivity index (χ0) is 19.0. The number of hydrogen-bond acceptors (Lipinski definition) is 6. The zero-order valence-corrected chi connectivity index (χ0v) is 16.6. The van der Waals surface area contributed by atoms with E-state index in [0.717, 1.165) is 11.7 Å². The third-order valence-corrected chi connectivity index (χ3v) is 6.47. The van der Waals surface area contributed by atoms with Crippen molar-refractivity contribution in [2.24, 2.45) is 0 Å². The second-order valence-corrected chi connectivity index (χ2v) is 8.61. The van der Waals surface area contributed by atoms with Crippen molar-refractivity contribution in [3.05, 3.63) is 64.4 Å². The van der Waals surface area contributed by atoms with E-state index in [0.29, 0.717) is 38.9 Å². The number of hydrogen-bond donors (Lipinski definition) is 1. The van der Waals surface area contributed by atoms with Gasteiger partial charge >= 0.3 is 0 Å². The lowest BCUT2D eigenvalue weighted by atomic mass is 10.2. The monoisotopic (exact) mass is 439 g/mol. The van der Waals surface area contributed by atoms with Gasteiger partial charge in [0, 0.05) is 21.8 Å². The largest absolute Gasteiger partial charge is 0.276 e. The summed E-state index contributed by atoms with van der Waals surface area (Å²) in [5, 5.41) is 5.20. The van der Waals surface area contributed by atoms with Crippen molar-refractivity contribution in [3.8, 4) is 0 Å². The summed E-state index contributed by atoms with van der Waals surface area (Å²) in [6.45, 7) is 0.311. The number of fused-ring (bicyclic) bond motifs is 1. The molecule has 0 saturated heterocycles. The SMILES string of the molecule is O=S(=O)(Nc1cnn(Cc2c(Cl)cccc2Cl)c1)c1cccc2nsnc12. The van der Waals surface area contributed by atoms with Crippen molar-refractivity contribution >= 4 is 61.7 Å². The maximum atomic E-state index is 12.7. The highest BCUT2D eigenvalue weighted by molar-refractivity contribution is 7.93. The molecule has 11 heteroatoms. The first-order chi connectivity index (χ1) is 12.9. The fraction of sp³-hybridized carbons (Fsp3) is 0.0625. The van der Waals surface area contributed by atoms with Gasteiger partial charge in [0.15, 0.2) is 0 Å². The van der Waals surface area contributed by atoms with Crippen molar-refractivity contribution < 1.29 is 8.42 Å². The Kier molecular flexibility index (Phi) is 4.77. The van der Waals surface area contributed by atoms with Crippen LogP contribution < -0.4 is 4.72 Å². The summed E-state index contributed by atoms with van der Waals surface area (Å²) < 4.78 is 37.7. The first kappa shape index (κ1) is 18.2. The number of sulfonamides is 1. The predicted octanol–water partition coefficient (Wildman–Crippen LogP) is 4.04. The summed E-state index contributed by atoms with van der Waals surface area (Å²) in [6, 6.07) is 10.0. The summed E-state index contributed by atoms with van der Waals surface area (Å²) in [5.74, 6) is 0. The molecule has 4 rings (SSSR count). The van der Waals surface area contributed by atoms with Crippen LogP contribution in [0.3, 0.4) is 0 Å². The van der Waals surface area contributed by atoms with Crippen LogP contribution in [0.4, 0.5) is 5.69 Å². The van der Waals surface area contributed by atoms with E-state index in [1.807, 2.05) is 0 Å². The second-order valence-electron chi connectivity index (χ2n) is 5.62. The van der Waals surface area contributed by atoms with Crippen LogP contribution in [0, 0.1) is 0 Å². The number of nitrogens with zero attached hydrogens (tertiary/aromatic N) is 4. The molecular weight excluding hydrogens is 429 g/mol. The van der Waals surface area contributed by atoms with Gasteiger partial charge in [-0.05, 0) is 24.3 Å². The third-order valence-electron chi connectivity index (χ3n) is 3.81. The van der Waals surface area contributed by atoms with Crippen LogP contribution in [0.1, 0.15) is 5.56 Å². The van der Waals surface area contributed by atoms with E-state index in [9.17, 15) is 8.42 Å². The summed E-state index contributed by atoms with van der Waals surface area (Å²) in [7, 11) is -3.84. The third kappa shape index (κ3) is 3.63. The minimum Gasteiger partial charge on any atom is -0.276 e. The van der Waals surface area contributed by atoms with Crippen molar-refractivity contribution in [1.29, 1.82) is 0 Å². The van der Waals surface area contributed by atoms with Gasteiger partial charge in [0.2, 0.25) is 0 Å². The Morgan fingerprint density at radius 2 is 1.81 bits per heavy atom. The number of rotatable bonds is 5. The Morgan fingerprint density at radius 1 is 1.07 bits per heavy atom. The van der Waals surface area contributed by atoms with Crippen LogP contribution in [0.2, 0.25) is 10.0 Å². The average molecular weight is 440 g/mol. The fourth-order valence-corrected chi connectivity index (χ4v) is 4.87. The van der Waals surface area contributed by atoms with E-state index in [4.69, 9.17) is 23.2 Å². The van der Waals surface area contributed by atoms with E-state index in [1.165, 1.54) is 12.3 Å². The van der Waals surface area contributed by atoms with Gasteiger partial charge in [-0.25, -0.2) is 8.42 Å². The molecule has 0 aliphatic carbocycles. The van der Waals surface area contributed by atoms with Gasteiger partial charge in [0.05, 0.1) is 30.2 Å². The van der Waals surface area contributed by atoms with Crippen molar-refractivity contribution in [1.82, 2.24) is 18.5 Å². The van der Waals surface area contributed by atoms with E-state index in [2.05, 4.69) is 18.6 Å². The molecular formula is C16H11Cl2N5O2S2. The maximum Gasteiger partial charge on any atom is 0.264 e. The fourth-order valence-electron chi connectivity index (χ4n) is 2.56. The highest BCUT2D eigenvalue weighted by Crippen LogP contribution is 2.26. The van der Waals surface area contributed by atoms with Gasteiger partial charge in [-0.15, -0.1) is 0 Å². The maximum absolute atomic E-state index is 12.7. The smallest absolute Gasteiger partial charge is 0.264 e. The molecule has 0 radical (unpaired) electrons. The average Bonchev–Trinajstić information content (AvgIpc) is 3.26. The molecule has 138 valence electrons. The lowest BCUT2D eigenvalue weighted by Gasteiger charge is -2.07. The van der Waals surface area contributed by atoms with Gasteiger partial charge in [0.25, 0.3) is 10.0 Å². The number of anilines is 1. The molecule has 0 bridgehead atoms. The molecule has 0 aliphatic rings. The normalized spacial score (nSPS) is 11.8. The van der Waals surface area contributed by atoms with Crippen LogP contribution in [0.15, 0.2) is 53.7 Å². The van der Waals surface area contributed by atoms with Crippen LogP contribution in [0.5, 0.6) is 0 Å². The molecule has 4 aromatic rings. The van der Waals surface area contributed by atoms with Gasteiger partial charge in [-0.2, -0.15) is 13.8 Å². The molecule has 1 N–H and O–H groups in total. The van der Waals surface area contributed by atoms with E-state index in [1.54, 1.807) is 41.2 Å². The zero-order valence-electron chi connectivity index (χ0n) is 13.5. The van der Waals surface area contributed by atoms with Crippen LogP contribution >= 0.6 is 34.9 Å². The van der Waals surface area contributed by atoms with Crippen molar-refractivity contribution in [2.75, 3.05) is 4.72 Å². The molecule has 2 aromatic carbocycles. The minimum absolute atomic E-state index is 0.0654. The predicted molar refractivity (Wildman–Crippen MR) is 106 cm³/mol. The topological polar surface area (TPSA) is 89.8 Å². The van der Waals surface area contributed by atoms with Crippen LogP contribution in [-0.4, -0.2) is 26.9 Å².